The summed E-state index contributed by atoms with van der Waals surface area (Å²) in [4.78, 5) is 14.9. The van der Waals surface area contributed by atoms with E-state index in [0.717, 1.165) is 12.0 Å². The van der Waals surface area contributed by atoms with Crippen LogP contribution in [0.1, 0.15) is 42.1 Å². The van der Waals surface area contributed by atoms with Crippen LogP contribution in [0.25, 0.3) is 0 Å². The molecule has 0 aliphatic carbocycles. The fourth-order valence-electron chi connectivity index (χ4n) is 4.43. The van der Waals surface area contributed by atoms with Crippen LogP contribution in [0, 0.1) is 0 Å². The van der Waals surface area contributed by atoms with Gasteiger partial charge in [-0.3, -0.25) is 4.79 Å². The quantitative estimate of drug-likeness (QED) is 0.508. The first-order valence-corrected chi connectivity index (χ1v) is 15.6. The van der Waals surface area contributed by atoms with Crippen molar-refractivity contribution in [2.75, 3.05) is 52.5 Å². The highest BCUT2D eigenvalue weighted by Crippen LogP contribution is 2.28. The van der Waals surface area contributed by atoms with Crippen molar-refractivity contribution in [2.24, 2.45) is 0 Å². The van der Waals surface area contributed by atoms with Crippen LogP contribution in [0.5, 0.6) is 0 Å². The van der Waals surface area contributed by atoms with Crippen molar-refractivity contribution in [3.63, 3.8) is 0 Å². The lowest BCUT2D eigenvalue weighted by atomic mass is 9.99. The summed E-state index contributed by atoms with van der Waals surface area (Å²) >= 11 is 6.22. The second-order valence-corrected chi connectivity index (χ2v) is 13.5. The number of hydrogen-bond acceptors (Lipinski definition) is 6. The number of halogens is 1. The van der Waals surface area contributed by atoms with E-state index in [9.17, 15) is 21.6 Å². The van der Waals surface area contributed by atoms with Gasteiger partial charge < -0.3 is 9.64 Å². The maximum Gasteiger partial charge on any atom is 0.253 e. The first-order chi connectivity index (χ1) is 17.6. The highest BCUT2D eigenvalue weighted by Gasteiger charge is 2.32. The summed E-state index contributed by atoms with van der Waals surface area (Å²) in [5, 5.41) is 0.0401. The summed E-state index contributed by atoms with van der Waals surface area (Å²) in [6, 6.07) is 11.2. The van der Waals surface area contributed by atoms with E-state index in [-0.39, 0.29) is 65.6 Å². The highest BCUT2D eigenvalue weighted by molar-refractivity contribution is 7.89. The standard InChI is InChI=1S/C25H32ClN3O6S2/c1-3-19(2)20-4-7-22(8-5-20)36(31,32)28-12-10-27(11-13-28)25(30)21-6-9-23(26)24(18-21)37(33,34)29-14-16-35-17-15-29/h4-9,18-19H,3,10-17H2,1-2H3/t19-/m1/s1. The molecule has 9 nitrogen and oxygen atoms in total. The molecule has 2 fully saturated rings. The van der Waals surface area contributed by atoms with Crippen molar-refractivity contribution in [3.05, 3.63) is 58.6 Å². The monoisotopic (exact) mass is 569 g/mol. The van der Waals surface area contributed by atoms with E-state index in [0.29, 0.717) is 19.1 Å². The molecule has 2 heterocycles. The van der Waals surface area contributed by atoms with Crippen molar-refractivity contribution in [1.82, 2.24) is 13.5 Å². The van der Waals surface area contributed by atoms with Gasteiger partial charge in [0.05, 0.1) is 23.1 Å². The minimum Gasteiger partial charge on any atom is -0.379 e. The molecule has 12 heteroatoms. The van der Waals surface area contributed by atoms with Gasteiger partial charge in [0.15, 0.2) is 0 Å². The predicted octanol–water partition coefficient (Wildman–Crippen LogP) is 3.02. The third kappa shape index (κ3) is 5.86. The van der Waals surface area contributed by atoms with Crippen molar-refractivity contribution in [3.8, 4) is 0 Å². The second-order valence-electron chi connectivity index (χ2n) is 9.24. The molecule has 1 atom stereocenters. The zero-order valence-electron chi connectivity index (χ0n) is 21.0. The summed E-state index contributed by atoms with van der Waals surface area (Å²) < 4.78 is 60.4. The summed E-state index contributed by atoms with van der Waals surface area (Å²) in [6.45, 7) is 5.89. The molecule has 1 amide bonds. The number of sulfonamides is 2. The molecule has 4 rings (SSSR count). The Morgan fingerprint density at radius 2 is 1.49 bits per heavy atom. The van der Waals surface area contributed by atoms with E-state index in [2.05, 4.69) is 13.8 Å². The number of rotatable bonds is 7. The van der Waals surface area contributed by atoms with Crippen molar-refractivity contribution >= 4 is 37.6 Å². The van der Waals surface area contributed by atoms with Gasteiger partial charge in [-0.15, -0.1) is 0 Å². The minimum atomic E-state index is -3.89. The largest absolute Gasteiger partial charge is 0.379 e. The van der Waals surface area contributed by atoms with Gasteiger partial charge in [-0.2, -0.15) is 8.61 Å². The SMILES string of the molecule is CC[C@@H](C)c1ccc(S(=O)(=O)N2CCN(C(=O)c3ccc(Cl)c(S(=O)(=O)N4CCOCC4)c3)CC2)cc1. The molecule has 37 heavy (non-hydrogen) atoms. The lowest BCUT2D eigenvalue weighted by Gasteiger charge is -2.34. The van der Waals surface area contributed by atoms with E-state index in [4.69, 9.17) is 16.3 Å². The van der Waals surface area contributed by atoms with Crippen LogP contribution in [-0.2, 0) is 24.8 Å². The van der Waals surface area contributed by atoms with E-state index < -0.39 is 20.0 Å². The summed E-state index contributed by atoms with van der Waals surface area (Å²) in [7, 11) is -7.57. The van der Waals surface area contributed by atoms with E-state index >= 15 is 0 Å². The van der Waals surface area contributed by atoms with Gasteiger partial charge in [0, 0.05) is 44.8 Å². The zero-order valence-corrected chi connectivity index (χ0v) is 23.4. The molecule has 2 aromatic rings. The Bertz CT molecular complexity index is 1330. The fourth-order valence-corrected chi connectivity index (χ4v) is 7.76. The number of carbonyl (C=O) groups excluding carboxylic acids is 1. The van der Waals surface area contributed by atoms with Crippen LogP contribution < -0.4 is 0 Å². The number of carbonyl (C=O) groups is 1. The molecule has 2 aliphatic heterocycles. The van der Waals surface area contributed by atoms with Gasteiger partial charge >= 0.3 is 0 Å². The molecule has 202 valence electrons. The Kier molecular flexibility index (Phi) is 8.61. The topological polar surface area (TPSA) is 104 Å². The summed E-state index contributed by atoms with van der Waals surface area (Å²) in [5.41, 5.74) is 1.28. The molecule has 0 saturated carbocycles. The van der Waals surface area contributed by atoms with Crippen molar-refractivity contribution < 1.29 is 26.4 Å². The molecule has 2 saturated heterocycles. The Balaban J connectivity index is 1.45. The van der Waals surface area contributed by atoms with Crippen LogP contribution >= 0.6 is 11.6 Å². The zero-order chi connectivity index (χ0) is 26.8. The number of piperazine rings is 1. The molecule has 0 N–H and O–H groups in total. The average molecular weight is 570 g/mol. The normalized spacial score (nSPS) is 19.1. The number of morpholine rings is 1. The van der Waals surface area contributed by atoms with Gasteiger partial charge in [0.2, 0.25) is 20.0 Å². The van der Waals surface area contributed by atoms with Gasteiger partial charge in [0.1, 0.15) is 4.90 Å². The number of nitrogens with zero attached hydrogens (tertiary/aromatic N) is 3. The van der Waals surface area contributed by atoms with Crippen molar-refractivity contribution in [2.45, 2.75) is 36.0 Å². The van der Waals surface area contributed by atoms with E-state index in [1.54, 1.807) is 12.1 Å². The van der Waals surface area contributed by atoms with Crippen LogP contribution in [0.4, 0.5) is 0 Å². The van der Waals surface area contributed by atoms with E-state index in [1.807, 2.05) is 12.1 Å². The lowest BCUT2D eigenvalue weighted by Crippen LogP contribution is -2.50. The second kappa shape index (κ2) is 11.4. The first kappa shape index (κ1) is 28.0. The molecule has 0 spiro atoms. The van der Waals surface area contributed by atoms with Gasteiger partial charge in [-0.1, -0.05) is 37.6 Å². The summed E-state index contributed by atoms with van der Waals surface area (Å²) in [5.74, 6) is -0.0198. The maximum atomic E-state index is 13.2. The Hall–Kier alpha value is -2.02. The Morgan fingerprint density at radius 3 is 2.08 bits per heavy atom. The smallest absolute Gasteiger partial charge is 0.253 e. The number of ether oxygens (including phenoxy) is 1. The predicted molar refractivity (Wildman–Crippen MR) is 141 cm³/mol. The van der Waals surface area contributed by atoms with Crippen LogP contribution in [-0.4, -0.2) is 88.7 Å². The molecule has 0 unspecified atom stereocenters. The average Bonchev–Trinajstić information content (AvgIpc) is 2.93. The van der Waals surface area contributed by atoms with Gasteiger partial charge in [-0.25, -0.2) is 16.8 Å². The molecule has 0 bridgehead atoms. The fraction of sp³-hybridized carbons (Fsp3) is 0.480. The van der Waals surface area contributed by atoms with E-state index in [1.165, 1.54) is 31.7 Å². The Morgan fingerprint density at radius 1 is 0.892 bits per heavy atom. The van der Waals surface area contributed by atoms with Gasteiger partial charge in [-0.05, 0) is 48.2 Å². The Labute approximate surface area is 224 Å². The molecular formula is C25H32ClN3O6S2. The van der Waals surface area contributed by atoms with Crippen molar-refractivity contribution in [1.29, 1.82) is 0 Å². The third-order valence-corrected chi connectivity index (χ3v) is 11.3. The number of benzene rings is 2. The third-order valence-electron chi connectivity index (χ3n) is 6.99. The summed E-state index contributed by atoms with van der Waals surface area (Å²) in [6.07, 6.45) is 0.969. The van der Waals surface area contributed by atoms with Crippen LogP contribution in [0.2, 0.25) is 5.02 Å². The first-order valence-electron chi connectivity index (χ1n) is 12.3. The van der Waals surface area contributed by atoms with Crippen LogP contribution in [0.15, 0.2) is 52.3 Å². The highest BCUT2D eigenvalue weighted by atomic mass is 35.5. The van der Waals surface area contributed by atoms with Crippen LogP contribution in [0.3, 0.4) is 0 Å². The minimum absolute atomic E-state index is 0.0401. The molecule has 2 aromatic carbocycles. The lowest BCUT2D eigenvalue weighted by molar-refractivity contribution is 0.0697. The molecule has 0 radical (unpaired) electrons. The molecular weight excluding hydrogens is 538 g/mol. The maximum absolute atomic E-state index is 13.2. The number of hydrogen-bond donors (Lipinski definition) is 0. The number of amides is 1. The molecule has 0 aromatic heterocycles. The molecule has 2 aliphatic rings. The van der Waals surface area contributed by atoms with Gasteiger partial charge in [0.25, 0.3) is 5.91 Å².